The van der Waals surface area contributed by atoms with Gasteiger partial charge < -0.3 is 0 Å². The number of amides is 1. The predicted molar refractivity (Wildman–Crippen MR) is 103 cm³/mol. The molecule has 1 fully saturated rings. The van der Waals surface area contributed by atoms with Gasteiger partial charge in [-0.15, -0.1) is 0 Å². The van der Waals surface area contributed by atoms with E-state index in [1.807, 2.05) is 72.8 Å². The van der Waals surface area contributed by atoms with Crippen LogP contribution in [0, 0.1) is 0 Å². The van der Waals surface area contributed by atoms with Gasteiger partial charge in [-0.2, -0.15) is 0 Å². The monoisotopic (exact) mass is 345 g/mol. The summed E-state index contributed by atoms with van der Waals surface area (Å²) in [6, 6.07) is 27.3. The summed E-state index contributed by atoms with van der Waals surface area (Å²) in [4.78, 5) is 14.7. The van der Waals surface area contributed by atoms with Gasteiger partial charge in [-0.3, -0.25) is 9.69 Å². The molecular weight excluding hydrogens is 330 g/mol. The fourth-order valence-corrected chi connectivity index (χ4v) is 3.27. The van der Waals surface area contributed by atoms with E-state index in [0.717, 1.165) is 22.5 Å². The molecule has 1 heterocycles. The predicted octanol–water partition coefficient (Wildman–Crippen LogP) is 5.51. The molecule has 3 aromatic rings. The molecule has 1 amide bonds. The molecule has 0 aliphatic carbocycles. The largest absolute Gasteiger partial charge is 0.283 e. The van der Waals surface area contributed by atoms with E-state index in [1.165, 1.54) is 0 Å². The summed E-state index contributed by atoms with van der Waals surface area (Å²) in [6.45, 7) is 0. The van der Waals surface area contributed by atoms with Gasteiger partial charge in [-0.05, 0) is 41.5 Å². The van der Waals surface area contributed by atoms with Gasteiger partial charge in [-0.1, -0.05) is 72.3 Å². The number of halogens is 1. The number of nitrogens with zero attached hydrogens (tertiary/aromatic N) is 1. The molecule has 122 valence electrons. The van der Waals surface area contributed by atoms with Crippen LogP contribution in [0.1, 0.15) is 17.0 Å². The average Bonchev–Trinajstić information content (AvgIpc) is 2.65. The maximum Gasteiger partial charge on any atom is 0.244 e. The number of hydrogen-bond donors (Lipinski definition) is 0. The van der Waals surface area contributed by atoms with Crippen molar-refractivity contribution in [2.75, 3.05) is 4.90 Å². The van der Waals surface area contributed by atoms with Crippen molar-refractivity contribution in [1.82, 2.24) is 0 Å². The second kappa shape index (κ2) is 6.58. The molecule has 1 aliphatic rings. The Morgan fingerprint density at radius 3 is 2.04 bits per heavy atom. The van der Waals surface area contributed by atoms with Crippen LogP contribution in [-0.4, -0.2) is 5.91 Å². The van der Waals surface area contributed by atoms with E-state index in [1.54, 1.807) is 17.0 Å². The van der Waals surface area contributed by atoms with Crippen molar-refractivity contribution in [1.29, 1.82) is 0 Å². The van der Waals surface area contributed by atoms with E-state index in [4.69, 9.17) is 11.6 Å². The van der Waals surface area contributed by atoms with Crippen molar-refractivity contribution in [2.24, 2.45) is 0 Å². The Morgan fingerprint density at radius 1 is 0.800 bits per heavy atom. The van der Waals surface area contributed by atoms with E-state index >= 15 is 0 Å². The third-order valence-corrected chi connectivity index (χ3v) is 4.61. The smallest absolute Gasteiger partial charge is 0.244 e. The summed E-state index contributed by atoms with van der Waals surface area (Å²) in [5.74, 6) is -0.159. The highest BCUT2D eigenvalue weighted by atomic mass is 35.5. The second-order valence-electron chi connectivity index (χ2n) is 5.97. The highest BCUT2D eigenvalue weighted by Crippen LogP contribution is 2.43. The molecule has 0 aromatic heterocycles. The van der Waals surface area contributed by atoms with Crippen molar-refractivity contribution in [3.63, 3.8) is 0 Å². The van der Waals surface area contributed by atoms with Gasteiger partial charge in [-0.25, -0.2) is 0 Å². The lowest BCUT2D eigenvalue weighted by molar-refractivity contribution is -0.122. The molecule has 0 radical (unpaired) electrons. The molecule has 3 heteroatoms. The Hall–Kier alpha value is -2.84. The molecule has 0 bridgehead atoms. The fourth-order valence-electron chi connectivity index (χ4n) is 3.14. The van der Waals surface area contributed by atoms with Crippen LogP contribution in [-0.2, 0) is 4.79 Å². The normalized spacial score (nSPS) is 18.3. The molecule has 1 saturated heterocycles. The van der Waals surface area contributed by atoms with E-state index in [2.05, 4.69) is 6.08 Å². The molecular formula is C22H16ClNO. The number of benzene rings is 3. The minimum atomic E-state index is -0.239. The Balaban J connectivity index is 1.78. The molecule has 0 spiro atoms. The molecule has 1 atom stereocenters. The second-order valence-corrected chi connectivity index (χ2v) is 6.41. The van der Waals surface area contributed by atoms with Crippen molar-refractivity contribution in [3.8, 4) is 0 Å². The lowest BCUT2D eigenvalue weighted by Gasteiger charge is -2.42. The SMILES string of the molecule is O=C1C(c2ccccc2)/C(=C/c2ccccc2)N1c1ccc(Cl)cc1. The summed E-state index contributed by atoms with van der Waals surface area (Å²) in [5, 5.41) is 0.657. The van der Waals surface area contributed by atoms with Crippen LogP contribution in [0.15, 0.2) is 90.6 Å². The zero-order chi connectivity index (χ0) is 17.2. The first-order valence-electron chi connectivity index (χ1n) is 8.15. The number of rotatable bonds is 3. The van der Waals surface area contributed by atoms with Crippen LogP contribution in [0.2, 0.25) is 5.02 Å². The van der Waals surface area contributed by atoms with Crippen molar-refractivity contribution < 1.29 is 4.79 Å². The molecule has 2 nitrogen and oxygen atoms in total. The van der Waals surface area contributed by atoms with Gasteiger partial charge >= 0.3 is 0 Å². The first-order valence-corrected chi connectivity index (χ1v) is 8.53. The van der Waals surface area contributed by atoms with Crippen molar-refractivity contribution >= 4 is 29.3 Å². The minimum absolute atomic E-state index is 0.0794. The van der Waals surface area contributed by atoms with Gasteiger partial charge in [0, 0.05) is 16.4 Å². The maximum absolute atomic E-state index is 12.9. The Kier molecular flexibility index (Phi) is 4.12. The van der Waals surface area contributed by atoms with E-state index in [0.29, 0.717) is 5.02 Å². The van der Waals surface area contributed by atoms with Crippen molar-refractivity contribution in [2.45, 2.75) is 5.92 Å². The lowest BCUT2D eigenvalue weighted by Crippen LogP contribution is -2.48. The van der Waals surface area contributed by atoms with Gasteiger partial charge in [0.1, 0.15) is 5.92 Å². The van der Waals surface area contributed by atoms with Crippen LogP contribution >= 0.6 is 11.6 Å². The first-order chi connectivity index (χ1) is 12.2. The Bertz CT molecular complexity index is 917. The quantitative estimate of drug-likeness (QED) is 0.573. The van der Waals surface area contributed by atoms with Gasteiger partial charge in [0.25, 0.3) is 0 Å². The fraction of sp³-hybridized carbons (Fsp3) is 0.0455. The number of carbonyl (C=O) groups is 1. The molecule has 3 aromatic carbocycles. The van der Waals surface area contributed by atoms with Crippen LogP contribution in [0.4, 0.5) is 5.69 Å². The molecule has 0 N–H and O–H groups in total. The summed E-state index contributed by atoms with van der Waals surface area (Å²) in [6.07, 6.45) is 2.08. The maximum atomic E-state index is 12.9. The molecule has 1 aliphatic heterocycles. The standard InChI is InChI=1S/C22H16ClNO/c23-18-11-13-19(14-12-18)24-20(15-16-7-3-1-4-8-16)21(22(24)25)17-9-5-2-6-10-17/h1-15,21H/b20-15-. The van der Waals surface area contributed by atoms with E-state index in [-0.39, 0.29) is 11.8 Å². The van der Waals surface area contributed by atoms with Crippen LogP contribution < -0.4 is 4.90 Å². The summed E-state index contributed by atoms with van der Waals surface area (Å²) < 4.78 is 0. The topological polar surface area (TPSA) is 20.3 Å². The first kappa shape index (κ1) is 15.7. The summed E-state index contributed by atoms with van der Waals surface area (Å²) in [7, 11) is 0. The third-order valence-electron chi connectivity index (χ3n) is 4.35. The average molecular weight is 346 g/mol. The number of β-lactam (4-membered cyclic amide) rings is 1. The minimum Gasteiger partial charge on any atom is -0.283 e. The molecule has 4 rings (SSSR count). The Morgan fingerprint density at radius 2 is 1.40 bits per heavy atom. The number of anilines is 1. The third kappa shape index (κ3) is 2.97. The summed E-state index contributed by atoms with van der Waals surface area (Å²) >= 11 is 5.99. The van der Waals surface area contributed by atoms with Gasteiger partial charge in [0.05, 0.1) is 0 Å². The highest BCUT2D eigenvalue weighted by Gasteiger charge is 2.44. The highest BCUT2D eigenvalue weighted by molar-refractivity contribution is 6.30. The zero-order valence-electron chi connectivity index (χ0n) is 13.5. The van der Waals surface area contributed by atoms with Crippen LogP contribution in [0.5, 0.6) is 0 Å². The van der Waals surface area contributed by atoms with Crippen LogP contribution in [0.3, 0.4) is 0 Å². The van der Waals surface area contributed by atoms with Crippen molar-refractivity contribution in [3.05, 3.63) is 107 Å². The zero-order valence-corrected chi connectivity index (χ0v) is 14.2. The van der Waals surface area contributed by atoms with E-state index < -0.39 is 0 Å². The van der Waals surface area contributed by atoms with Gasteiger partial charge in [0.15, 0.2) is 0 Å². The lowest BCUT2D eigenvalue weighted by atomic mass is 9.84. The Labute approximate surface area is 152 Å². The summed E-state index contributed by atoms with van der Waals surface area (Å²) in [5.41, 5.74) is 3.90. The molecule has 25 heavy (non-hydrogen) atoms. The van der Waals surface area contributed by atoms with E-state index in [9.17, 15) is 4.79 Å². The number of carbonyl (C=O) groups excluding carboxylic acids is 1. The molecule has 0 saturated carbocycles. The number of hydrogen-bond acceptors (Lipinski definition) is 1. The van der Waals surface area contributed by atoms with Gasteiger partial charge in [0.2, 0.25) is 5.91 Å². The molecule has 1 unspecified atom stereocenters. The van der Waals surface area contributed by atoms with Crippen LogP contribution in [0.25, 0.3) is 6.08 Å².